The molecule has 0 radical (unpaired) electrons. The van der Waals surface area contributed by atoms with Crippen LogP contribution >= 0.6 is 23.2 Å². The topological polar surface area (TPSA) is 25.2 Å². The fraction of sp³-hybridized carbons (Fsp3) is 0.429. The average molecular weight is 286 g/mol. The van der Waals surface area contributed by atoms with E-state index in [0.717, 1.165) is 23.2 Å². The molecule has 0 aliphatic rings. The maximum absolute atomic E-state index is 6.30. The molecular formula is C14H17Cl2NO. The van der Waals surface area contributed by atoms with Gasteiger partial charge in [-0.15, -0.1) is 0 Å². The predicted octanol–water partition coefficient (Wildman–Crippen LogP) is 4.66. The first kappa shape index (κ1) is 13.7. The van der Waals surface area contributed by atoms with E-state index in [1.807, 2.05) is 13.1 Å². The summed E-state index contributed by atoms with van der Waals surface area (Å²) in [5.41, 5.74) is 1.96. The van der Waals surface area contributed by atoms with Crippen LogP contribution in [0.4, 0.5) is 0 Å². The number of fused-ring (bicyclic) bond motifs is 1. The molecule has 2 nitrogen and oxygen atoms in total. The van der Waals surface area contributed by atoms with Crippen LogP contribution in [0.25, 0.3) is 11.0 Å². The van der Waals surface area contributed by atoms with Crippen LogP contribution in [-0.4, -0.2) is 7.05 Å². The quantitative estimate of drug-likeness (QED) is 0.884. The number of halogens is 2. The first-order chi connectivity index (χ1) is 8.52. The summed E-state index contributed by atoms with van der Waals surface area (Å²) in [5, 5.41) is 5.39. The van der Waals surface area contributed by atoms with E-state index in [-0.39, 0.29) is 0 Å². The van der Waals surface area contributed by atoms with Crippen molar-refractivity contribution in [2.24, 2.45) is 5.92 Å². The van der Waals surface area contributed by atoms with Gasteiger partial charge >= 0.3 is 0 Å². The lowest BCUT2D eigenvalue weighted by Crippen LogP contribution is -2.07. The smallest absolute Gasteiger partial charge is 0.137 e. The van der Waals surface area contributed by atoms with Crippen molar-refractivity contribution in [2.75, 3.05) is 7.05 Å². The SMILES string of the molecule is CNCc1oc2cc(Cl)cc(Cl)c2c1CC(C)C. The summed E-state index contributed by atoms with van der Waals surface area (Å²) in [6.45, 7) is 5.07. The van der Waals surface area contributed by atoms with Crippen molar-refractivity contribution < 1.29 is 4.42 Å². The van der Waals surface area contributed by atoms with Crippen molar-refractivity contribution in [3.05, 3.63) is 33.5 Å². The molecule has 1 N–H and O–H groups in total. The molecule has 0 amide bonds. The minimum atomic E-state index is 0.549. The molecule has 18 heavy (non-hydrogen) atoms. The molecule has 0 saturated carbocycles. The van der Waals surface area contributed by atoms with Gasteiger partial charge < -0.3 is 9.73 Å². The first-order valence-corrected chi connectivity index (χ1v) is 6.82. The Labute approximate surface area is 117 Å². The van der Waals surface area contributed by atoms with Gasteiger partial charge in [-0.3, -0.25) is 0 Å². The zero-order valence-electron chi connectivity index (χ0n) is 10.8. The van der Waals surface area contributed by atoms with E-state index in [1.54, 1.807) is 6.07 Å². The Morgan fingerprint density at radius 3 is 2.61 bits per heavy atom. The summed E-state index contributed by atoms with van der Waals surface area (Å²) >= 11 is 12.3. The molecule has 1 heterocycles. The molecule has 0 aliphatic carbocycles. The highest BCUT2D eigenvalue weighted by Gasteiger charge is 2.17. The Morgan fingerprint density at radius 1 is 1.28 bits per heavy atom. The number of hydrogen-bond acceptors (Lipinski definition) is 2. The van der Waals surface area contributed by atoms with E-state index in [4.69, 9.17) is 27.6 Å². The largest absolute Gasteiger partial charge is 0.459 e. The van der Waals surface area contributed by atoms with E-state index in [0.29, 0.717) is 22.5 Å². The summed E-state index contributed by atoms with van der Waals surface area (Å²) in [6, 6.07) is 3.60. The molecule has 98 valence electrons. The monoisotopic (exact) mass is 285 g/mol. The molecule has 0 aliphatic heterocycles. The molecule has 0 fully saturated rings. The summed E-state index contributed by atoms with van der Waals surface area (Å²) in [5.74, 6) is 1.50. The lowest BCUT2D eigenvalue weighted by atomic mass is 10.00. The third-order valence-electron chi connectivity index (χ3n) is 2.84. The zero-order chi connectivity index (χ0) is 13.3. The van der Waals surface area contributed by atoms with Crippen molar-refractivity contribution in [1.29, 1.82) is 0 Å². The molecule has 4 heteroatoms. The van der Waals surface area contributed by atoms with Gasteiger partial charge in [0.05, 0.1) is 11.6 Å². The maximum atomic E-state index is 6.30. The molecule has 2 rings (SSSR count). The fourth-order valence-electron chi connectivity index (χ4n) is 2.18. The standard InChI is InChI=1S/C14H17Cl2NO/c1-8(2)4-10-13(7-17-3)18-12-6-9(15)5-11(16)14(10)12/h5-6,8,17H,4,7H2,1-3H3. The van der Waals surface area contributed by atoms with Crippen LogP contribution in [0.2, 0.25) is 10.0 Å². The number of nitrogens with one attached hydrogen (secondary N) is 1. The van der Waals surface area contributed by atoms with Gasteiger partial charge in [0, 0.05) is 22.0 Å². The van der Waals surface area contributed by atoms with Crippen molar-refractivity contribution in [2.45, 2.75) is 26.8 Å². The molecule has 1 aromatic heterocycles. The van der Waals surface area contributed by atoms with E-state index >= 15 is 0 Å². The van der Waals surface area contributed by atoms with Gasteiger partial charge in [-0.2, -0.15) is 0 Å². The number of rotatable bonds is 4. The third kappa shape index (κ3) is 2.66. The van der Waals surface area contributed by atoms with Crippen molar-refractivity contribution in [3.63, 3.8) is 0 Å². The Hall–Kier alpha value is -0.700. The van der Waals surface area contributed by atoms with Gasteiger partial charge in [-0.25, -0.2) is 0 Å². The molecule has 0 spiro atoms. The van der Waals surface area contributed by atoms with E-state index < -0.39 is 0 Å². The molecule has 0 bridgehead atoms. The highest BCUT2D eigenvalue weighted by molar-refractivity contribution is 6.38. The normalized spacial score (nSPS) is 11.7. The van der Waals surface area contributed by atoms with E-state index in [9.17, 15) is 0 Å². The highest BCUT2D eigenvalue weighted by Crippen LogP contribution is 2.35. The second-order valence-electron chi connectivity index (χ2n) is 4.89. The maximum Gasteiger partial charge on any atom is 0.137 e. The number of furan rings is 1. The zero-order valence-corrected chi connectivity index (χ0v) is 12.3. The lowest BCUT2D eigenvalue weighted by molar-refractivity contribution is 0.516. The van der Waals surface area contributed by atoms with Gasteiger partial charge in [-0.05, 0) is 25.5 Å². The van der Waals surface area contributed by atoms with Crippen LogP contribution in [0.15, 0.2) is 16.5 Å². The molecular weight excluding hydrogens is 269 g/mol. The Kier molecular flexibility index (Phi) is 4.21. The van der Waals surface area contributed by atoms with E-state index in [2.05, 4.69) is 19.2 Å². The van der Waals surface area contributed by atoms with Gasteiger partial charge in [0.15, 0.2) is 0 Å². The second kappa shape index (κ2) is 5.52. The second-order valence-corrected chi connectivity index (χ2v) is 5.74. The number of benzene rings is 1. The van der Waals surface area contributed by atoms with E-state index in [1.165, 1.54) is 5.56 Å². The number of hydrogen-bond donors (Lipinski definition) is 1. The minimum Gasteiger partial charge on any atom is -0.459 e. The van der Waals surface area contributed by atoms with Crippen molar-refractivity contribution >= 4 is 34.2 Å². The fourth-order valence-corrected chi connectivity index (χ4v) is 2.77. The van der Waals surface area contributed by atoms with Crippen LogP contribution in [0.5, 0.6) is 0 Å². The lowest BCUT2D eigenvalue weighted by Gasteiger charge is -2.06. The van der Waals surface area contributed by atoms with Gasteiger partial charge in [-0.1, -0.05) is 37.0 Å². The van der Waals surface area contributed by atoms with Crippen LogP contribution in [0.1, 0.15) is 25.2 Å². The average Bonchev–Trinajstić information content (AvgIpc) is 2.56. The molecule has 0 atom stereocenters. The summed E-state index contributed by atoms with van der Waals surface area (Å²) in [7, 11) is 1.90. The highest BCUT2D eigenvalue weighted by atomic mass is 35.5. The molecule has 0 unspecified atom stereocenters. The summed E-state index contributed by atoms with van der Waals surface area (Å²) in [4.78, 5) is 0. The van der Waals surface area contributed by atoms with Crippen LogP contribution in [-0.2, 0) is 13.0 Å². The molecule has 1 aromatic carbocycles. The Balaban J connectivity index is 2.64. The van der Waals surface area contributed by atoms with Gasteiger partial charge in [0.2, 0.25) is 0 Å². The minimum absolute atomic E-state index is 0.549. The van der Waals surface area contributed by atoms with Gasteiger partial charge in [0.1, 0.15) is 11.3 Å². The van der Waals surface area contributed by atoms with Gasteiger partial charge in [0.25, 0.3) is 0 Å². The molecule has 2 aromatic rings. The van der Waals surface area contributed by atoms with Crippen molar-refractivity contribution in [3.8, 4) is 0 Å². The van der Waals surface area contributed by atoms with Crippen LogP contribution in [0, 0.1) is 5.92 Å². The Morgan fingerprint density at radius 2 is 2.00 bits per heavy atom. The Bertz CT molecular complexity index is 560. The van der Waals surface area contributed by atoms with Crippen molar-refractivity contribution in [1.82, 2.24) is 5.32 Å². The van der Waals surface area contributed by atoms with Crippen LogP contribution in [0.3, 0.4) is 0 Å². The molecule has 0 saturated heterocycles. The van der Waals surface area contributed by atoms with Crippen LogP contribution < -0.4 is 5.32 Å². The predicted molar refractivity (Wildman–Crippen MR) is 77.5 cm³/mol. The summed E-state index contributed by atoms with van der Waals surface area (Å²) < 4.78 is 5.87. The summed E-state index contributed by atoms with van der Waals surface area (Å²) in [6.07, 6.45) is 0.950. The third-order valence-corrected chi connectivity index (χ3v) is 3.36. The first-order valence-electron chi connectivity index (χ1n) is 6.06.